The summed E-state index contributed by atoms with van der Waals surface area (Å²) in [5.41, 5.74) is 8.30. The van der Waals surface area contributed by atoms with Crippen molar-refractivity contribution in [1.82, 2.24) is 9.97 Å². The van der Waals surface area contributed by atoms with Crippen LogP contribution in [0.15, 0.2) is 122 Å². The Bertz CT molecular complexity index is 1320. The van der Waals surface area contributed by atoms with E-state index in [1.165, 1.54) is 33.4 Å². The average Bonchev–Trinajstić information content (AvgIpc) is 3.16. The summed E-state index contributed by atoms with van der Waals surface area (Å²) in [6.45, 7) is 0. The molecule has 0 unspecified atom stereocenters. The fourth-order valence-corrected chi connectivity index (χ4v) is 5.03. The van der Waals surface area contributed by atoms with Crippen LogP contribution in [0.5, 0.6) is 0 Å². The fraction of sp³-hybridized carbons (Fsp3) is 0.0345. The second-order valence-corrected chi connectivity index (χ2v) is 7.86. The van der Waals surface area contributed by atoms with E-state index >= 15 is 0 Å². The Morgan fingerprint density at radius 2 is 1.06 bits per heavy atom. The molecule has 4 aromatic carbocycles. The average molecular weight is 396 g/mol. The van der Waals surface area contributed by atoms with Crippen molar-refractivity contribution in [2.24, 2.45) is 0 Å². The van der Waals surface area contributed by atoms with Crippen LogP contribution in [0.25, 0.3) is 22.5 Å². The molecular formula is C29H20N2. The van der Waals surface area contributed by atoms with Crippen LogP contribution in [0.1, 0.15) is 22.3 Å². The van der Waals surface area contributed by atoms with Gasteiger partial charge in [0.05, 0.1) is 5.41 Å². The van der Waals surface area contributed by atoms with Crippen LogP contribution in [0.3, 0.4) is 0 Å². The molecule has 1 heterocycles. The quantitative estimate of drug-likeness (QED) is 0.341. The van der Waals surface area contributed by atoms with Crippen LogP contribution >= 0.6 is 0 Å². The first-order valence-corrected chi connectivity index (χ1v) is 10.5. The first-order chi connectivity index (χ1) is 15.4. The van der Waals surface area contributed by atoms with E-state index in [4.69, 9.17) is 0 Å². The van der Waals surface area contributed by atoms with E-state index in [1.54, 1.807) is 12.4 Å². The molecule has 146 valence electrons. The van der Waals surface area contributed by atoms with E-state index in [-0.39, 0.29) is 5.41 Å². The number of nitrogens with zero attached hydrogens (tertiary/aromatic N) is 2. The zero-order chi connectivity index (χ0) is 20.7. The molecule has 0 saturated carbocycles. The molecule has 1 aliphatic rings. The van der Waals surface area contributed by atoms with Crippen molar-refractivity contribution in [3.8, 4) is 22.5 Å². The van der Waals surface area contributed by atoms with Gasteiger partial charge < -0.3 is 0 Å². The van der Waals surface area contributed by atoms with Crippen molar-refractivity contribution < 1.29 is 0 Å². The van der Waals surface area contributed by atoms with Crippen molar-refractivity contribution >= 4 is 0 Å². The highest BCUT2D eigenvalue weighted by Crippen LogP contribution is 2.56. The van der Waals surface area contributed by atoms with E-state index in [0.717, 1.165) is 11.4 Å². The maximum absolute atomic E-state index is 4.51. The highest BCUT2D eigenvalue weighted by molar-refractivity contribution is 5.87. The van der Waals surface area contributed by atoms with E-state index in [2.05, 4.69) is 113 Å². The molecule has 2 nitrogen and oxygen atoms in total. The Labute approximate surface area is 181 Å². The molecule has 0 radical (unpaired) electrons. The van der Waals surface area contributed by atoms with Crippen molar-refractivity contribution in [3.63, 3.8) is 0 Å². The van der Waals surface area contributed by atoms with Gasteiger partial charge in [-0.2, -0.15) is 0 Å². The molecule has 0 bridgehead atoms. The predicted molar refractivity (Wildman–Crippen MR) is 125 cm³/mol. The Balaban J connectivity index is 1.74. The minimum absolute atomic E-state index is 0.390. The van der Waals surface area contributed by atoms with Crippen molar-refractivity contribution in [1.29, 1.82) is 0 Å². The fourth-order valence-electron chi connectivity index (χ4n) is 5.03. The standard InChI is InChI=1S/C29H20N2/c1-3-10-22(11-4-1)29(23-12-5-2-6-13-23)26-15-8-7-14-24(26)25-17-16-21(20-27(25)29)28-30-18-9-19-31-28/h1-20H. The van der Waals surface area contributed by atoms with Crippen LogP contribution in [0.4, 0.5) is 0 Å². The van der Waals surface area contributed by atoms with Gasteiger partial charge in [0, 0.05) is 18.0 Å². The summed E-state index contributed by atoms with van der Waals surface area (Å²) in [5.74, 6) is 0.747. The van der Waals surface area contributed by atoms with E-state index in [9.17, 15) is 0 Å². The molecule has 6 rings (SSSR count). The zero-order valence-electron chi connectivity index (χ0n) is 16.9. The van der Waals surface area contributed by atoms with Crippen LogP contribution in [-0.2, 0) is 5.41 Å². The van der Waals surface area contributed by atoms with Crippen LogP contribution < -0.4 is 0 Å². The largest absolute Gasteiger partial charge is 0.237 e. The summed E-state index contributed by atoms with van der Waals surface area (Å²) in [5, 5.41) is 0. The SMILES string of the molecule is c1ccc(C2(c3ccccc3)c3ccccc3-c3ccc(-c4ncccn4)cc32)cc1. The minimum atomic E-state index is -0.390. The molecule has 2 heteroatoms. The maximum atomic E-state index is 4.51. The summed E-state index contributed by atoms with van der Waals surface area (Å²) in [4.78, 5) is 9.01. The molecule has 1 aromatic heterocycles. The Hall–Kier alpha value is -4.04. The van der Waals surface area contributed by atoms with Crippen molar-refractivity contribution in [3.05, 3.63) is 144 Å². The second kappa shape index (κ2) is 7.03. The Kier molecular flexibility index (Phi) is 4.03. The minimum Gasteiger partial charge on any atom is -0.237 e. The van der Waals surface area contributed by atoms with Gasteiger partial charge in [-0.3, -0.25) is 0 Å². The molecule has 0 saturated heterocycles. The van der Waals surface area contributed by atoms with Gasteiger partial charge in [-0.25, -0.2) is 9.97 Å². The highest BCUT2D eigenvalue weighted by atomic mass is 14.8. The van der Waals surface area contributed by atoms with Gasteiger partial charge in [0.25, 0.3) is 0 Å². The number of rotatable bonds is 3. The number of benzene rings is 4. The molecule has 0 amide bonds. The summed E-state index contributed by atoms with van der Waals surface area (Å²) >= 11 is 0. The third-order valence-electron chi connectivity index (χ3n) is 6.28. The Morgan fingerprint density at radius 3 is 1.74 bits per heavy atom. The number of hydrogen-bond donors (Lipinski definition) is 0. The molecule has 0 atom stereocenters. The number of fused-ring (bicyclic) bond motifs is 3. The lowest BCUT2D eigenvalue weighted by Gasteiger charge is -2.34. The van der Waals surface area contributed by atoms with Crippen molar-refractivity contribution in [2.75, 3.05) is 0 Å². The zero-order valence-corrected chi connectivity index (χ0v) is 16.9. The van der Waals surface area contributed by atoms with E-state index in [1.807, 2.05) is 6.07 Å². The van der Waals surface area contributed by atoms with Gasteiger partial charge in [0.2, 0.25) is 0 Å². The molecule has 5 aromatic rings. The lowest BCUT2D eigenvalue weighted by atomic mass is 9.67. The third-order valence-corrected chi connectivity index (χ3v) is 6.28. The molecule has 0 fully saturated rings. The van der Waals surface area contributed by atoms with Gasteiger partial charge in [-0.1, -0.05) is 97.1 Å². The molecule has 1 aliphatic carbocycles. The molecule has 0 N–H and O–H groups in total. The smallest absolute Gasteiger partial charge is 0.159 e. The normalized spacial score (nSPS) is 13.4. The topological polar surface area (TPSA) is 25.8 Å². The monoisotopic (exact) mass is 396 g/mol. The van der Waals surface area contributed by atoms with E-state index in [0.29, 0.717) is 0 Å². The molecular weight excluding hydrogens is 376 g/mol. The first kappa shape index (κ1) is 17.8. The second-order valence-electron chi connectivity index (χ2n) is 7.86. The Morgan fingerprint density at radius 1 is 0.484 bits per heavy atom. The van der Waals surface area contributed by atoms with Gasteiger partial charge in [0.15, 0.2) is 5.82 Å². The predicted octanol–water partition coefficient (Wildman–Crippen LogP) is 6.51. The number of hydrogen-bond acceptors (Lipinski definition) is 2. The molecule has 0 spiro atoms. The van der Waals surface area contributed by atoms with Crippen molar-refractivity contribution in [2.45, 2.75) is 5.41 Å². The lowest BCUT2D eigenvalue weighted by molar-refractivity contribution is 0.768. The summed E-state index contributed by atoms with van der Waals surface area (Å²) in [6.07, 6.45) is 3.60. The van der Waals surface area contributed by atoms with Gasteiger partial charge in [-0.05, 0) is 45.5 Å². The molecule has 31 heavy (non-hydrogen) atoms. The summed E-state index contributed by atoms with van der Waals surface area (Å²) in [6, 6.07) is 38.9. The van der Waals surface area contributed by atoms with Crippen LogP contribution in [0.2, 0.25) is 0 Å². The lowest BCUT2D eigenvalue weighted by Crippen LogP contribution is -2.28. The maximum Gasteiger partial charge on any atom is 0.159 e. The molecule has 0 aliphatic heterocycles. The number of aromatic nitrogens is 2. The van der Waals surface area contributed by atoms with Gasteiger partial charge in [-0.15, -0.1) is 0 Å². The van der Waals surface area contributed by atoms with Gasteiger partial charge >= 0.3 is 0 Å². The van der Waals surface area contributed by atoms with Crippen LogP contribution in [0, 0.1) is 0 Å². The summed E-state index contributed by atoms with van der Waals surface area (Å²) in [7, 11) is 0. The summed E-state index contributed by atoms with van der Waals surface area (Å²) < 4.78 is 0. The van der Waals surface area contributed by atoms with Crippen LogP contribution in [-0.4, -0.2) is 9.97 Å². The first-order valence-electron chi connectivity index (χ1n) is 10.5. The highest BCUT2D eigenvalue weighted by Gasteiger charge is 2.46. The van der Waals surface area contributed by atoms with Gasteiger partial charge in [0.1, 0.15) is 0 Å². The third kappa shape index (κ3) is 2.58. The van der Waals surface area contributed by atoms with E-state index < -0.39 is 0 Å².